The van der Waals surface area contributed by atoms with Gasteiger partial charge in [0.15, 0.2) is 10.8 Å². The highest BCUT2D eigenvalue weighted by molar-refractivity contribution is 7.80. The molecule has 0 aliphatic heterocycles. The first-order valence-corrected chi connectivity index (χ1v) is 8.83. The number of hydrogen-bond acceptors (Lipinski definition) is 5. The number of ether oxygens (including phenoxy) is 1. The fourth-order valence-corrected chi connectivity index (χ4v) is 2.61. The van der Waals surface area contributed by atoms with Crippen LogP contribution < -0.4 is 15.4 Å². The molecule has 0 unspecified atom stereocenters. The van der Waals surface area contributed by atoms with Gasteiger partial charge in [-0.3, -0.25) is 10.1 Å². The summed E-state index contributed by atoms with van der Waals surface area (Å²) in [6.45, 7) is 2.28. The molecule has 0 saturated carbocycles. The zero-order valence-corrected chi connectivity index (χ0v) is 15.6. The third-order valence-electron chi connectivity index (χ3n) is 3.68. The number of aromatic nitrogens is 1. The summed E-state index contributed by atoms with van der Waals surface area (Å²) in [5, 5.41) is 9.34. The number of carbonyl (C=O) groups is 1. The first kappa shape index (κ1) is 18.6. The van der Waals surface area contributed by atoms with E-state index in [0.717, 1.165) is 12.2 Å². The Hall–Kier alpha value is -3.19. The van der Waals surface area contributed by atoms with E-state index in [-0.39, 0.29) is 10.8 Å². The van der Waals surface area contributed by atoms with Crippen LogP contribution in [-0.2, 0) is 6.42 Å². The van der Waals surface area contributed by atoms with Gasteiger partial charge in [0.25, 0.3) is 5.91 Å². The Kier molecular flexibility index (Phi) is 6.17. The molecule has 3 aromatic rings. The number of rotatable bonds is 6. The van der Waals surface area contributed by atoms with E-state index in [1.54, 1.807) is 13.0 Å². The van der Waals surface area contributed by atoms with Crippen molar-refractivity contribution in [2.24, 2.45) is 0 Å². The van der Waals surface area contributed by atoms with Crippen LogP contribution in [0.4, 0.5) is 5.69 Å². The summed E-state index contributed by atoms with van der Waals surface area (Å²) < 4.78 is 10.7. The minimum Gasteiger partial charge on any atom is -0.493 e. The largest absolute Gasteiger partial charge is 0.493 e. The fraction of sp³-hybridized carbons (Fsp3) is 0.150. The highest BCUT2D eigenvalue weighted by Crippen LogP contribution is 2.17. The molecule has 3 rings (SSSR count). The maximum atomic E-state index is 12.0. The third-order valence-corrected chi connectivity index (χ3v) is 3.89. The number of aryl methyl sites for hydroxylation is 1. The molecular formula is C20H19N3O3S. The summed E-state index contributed by atoms with van der Waals surface area (Å²) in [5.74, 6) is 0.844. The highest BCUT2D eigenvalue weighted by atomic mass is 32.1. The van der Waals surface area contributed by atoms with Crippen molar-refractivity contribution in [1.29, 1.82) is 0 Å². The van der Waals surface area contributed by atoms with E-state index >= 15 is 0 Å². The van der Waals surface area contributed by atoms with E-state index in [1.807, 2.05) is 42.5 Å². The number of amides is 1. The van der Waals surface area contributed by atoms with Gasteiger partial charge in [0.1, 0.15) is 11.5 Å². The van der Waals surface area contributed by atoms with Gasteiger partial charge in [-0.15, -0.1) is 0 Å². The lowest BCUT2D eigenvalue weighted by molar-refractivity contribution is 0.0969. The van der Waals surface area contributed by atoms with Crippen LogP contribution in [0.2, 0.25) is 0 Å². The van der Waals surface area contributed by atoms with Crippen LogP contribution in [0.15, 0.2) is 65.2 Å². The summed E-state index contributed by atoms with van der Waals surface area (Å²) in [7, 11) is 0. The van der Waals surface area contributed by atoms with Crippen LogP contribution in [0.25, 0.3) is 0 Å². The number of thiocarbonyl (C=S) groups is 1. The minimum atomic E-state index is -0.431. The predicted octanol–water partition coefficient (Wildman–Crippen LogP) is 3.73. The van der Waals surface area contributed by atoms with Crippen LogP contribution in [-0.4, -0.2) is 22.8 Å². The number of nitrogens with one attached hydrogen (secondary N) is 2. The molecule has 0 atom stereocenters. The SMILES string of the molecule is Cc1cc(C(=O)NC(=S)Nc2cccc(OCCc3ccccc3)c2)no1. The van der Waals surface area contributed by atoms with Crippen molar-refractivity contribution < 1.29 is 14.1 Å². The summed E-state index contributed by atoms with van der Waals surface area (Å²) >= 11 is 5.17. The lowest BCUT2D eigenvalue weighted by Gasteiger charge is -2.11. The van der Waals surface area contributed by atoms with Crippen molar-refractivity contribution in [3.05, 3.63) is 77.7 Å². The molecule has 0 aliphatic carbocycles. The average molecular weight is 381 g/mol. The smallest absolute Gasteiger partial charge is 0.279 e. The first-order valence-electron chi connectivity index (χ1n) is 8.42. The Morgan fingerprint density at radius 2 is 1.96 bits per heavy atom. The van der Waals surface area contributed by atoms with Gasteiger partial charge in [0, 0.05) is 24.2 Å². The van der Waals surface area contributed by atoms with E-state index < -0.39 is 5.91 Å². The monoisotopic (exact) mass is 381 g/mol. The second-order valence-corrected chi connectivity index (χ2v) is 6.25. The highest BCUT2D eigenvalue weighted by Gasteiger charge is 2.12. The molecule has 0 spiro atoms. The van der Waals surface area contributed by atoms with E-state index in [2.05, 4.69) is 27.9 Å². The molecular weight excluding hydrogens is 362 g/mol. The fourth-order valence-electron chi connectivity index (χ4n) is 2.40. The van der Waals surface area contributed by atoms with Crippen molar-refractivity contribution in [3.8, 4) is 5.75 Å². The summed E-state index contributed by atoms with van der Waals surface area (Å²) in [6, 6.07) is 19.1. The number of carbonyl (C=O) groups excluding carboxylic acids is 1. The van der Waals surface area contributed by atoms with Gasteiger partial charge in [-0.25, -0.2) is 0 Å². The van der Waals surface area contributed by atoms with Crippen molar-refractivity contribution in [2.45, 2.75) is 13.3 Å². The Bertz CT molecular complexity index is 925. The molecule has 2 aromatic carbocycles. The normalized spacial score (nSPS) is 10.3. The van der Waals surface area contributed by atoms with Gasteiger partial charge in [0.2, 0.25) is 0 Å². The Balaban J connectivity index is 1.50. The van der Waals surface area contributed by atoms with Crippen molar-refractivity contribution in [2.75, 3.05) is 11.9 Å². The van der Waals surface area contributed by atoms with Crippen molar-refractivity contribution >= 4 is 28.9 Å². The molecule has 6 nitrogen and oxygen atoms in total. The molecule has 1 aromatic heterocycles. The molecule has 7 heteroatoms. The summed E-state index contributed by atoms with van der Waals surface area (Å²) in [6.07, 6.45) is 0.823. The van der Waals surface area contributed by atoms with Gasteiger partial charge >= 0.3 is 0 Å². The maximum absolute atomic E-state index is 12.0. The lowest BCUT2D eigenvalue weighted by atomic mass is 10.2. The number of hydrogen-bond donors (Lipinski definition) is 2. The van der Waals surface area contributed by atoms with E-state index in [1.165, 1.54) is 5.56 Å². The lowest BCUT2D eigenvalue weighted by Crippen LogP contribution is -2.34. The third kappa shape index (κ3) is 5.65. The van der Waals surface area contributed by atoms with Crippen LogP contribution in [0, 0.1) is 6.92 Å². The second-order valence-electron chi connectivity index (χ2n) is 5.84. The average Bonchev–Trinajstić information content (AvgIpc) is 3.09. The van der Waals surface area contributed by atoms with Crippen molar-refractivity contribution in [1.82, 2.24) is 10.5 Å². The second kappa shape index (κ2) is 8.95. The van der Waals surface area contributed by atoms with Gasteiger partial charge in [-0.2, -0.15) is 0 Å². The molecule has 0 bridgehead atoms. The molecule has 0 radical (unpaired) electrons. The standard InChI is InChI=1S/C20H19N3O3S/c1-14-12-18(23-26-14)19(24)22-20(27)21-16-8-5-9-17(13-16)25-11-10-15-6-3-2-4-7-15/h2-9,12-13H,10-11H2,1H3,(H2,21,22,24,27). The maximum Gasteiger partial charge on any atom is 0.279 e. The Labute approximate surface area is 162 Å². The first-order chi connectivity index (χ1) is 13.1. The van der Waals surface area contributed by atoms with E-state index in [4.69, 9.17) is 21.5 Å². The van der Waals surface area contributed by atoms with E-state index in [9.17, 15) is 4.79 Å². The molecule has 2 N–H and O–H groups in total. The predicted molar refractivity (Wildman–Crippen MR) is 107 cm³/mol. The van der Waals surface area contributed by atoms with Gasteiger partial charge in [0.05, 0.1) is 6.61 Å². The minimum absolute atomic E-state index is 0.169. The van der Waals surface area contributed by atoms with Gasteiger partial charge in [-0.1, -0.05) is 41.6 Å². The molecule has 1 amide bonds. The van der Waals surface area contributed by atoms with Gasteiger partial charge < -0.3 is 14.6 Å². The zero-order valence-electron chi connectivity index (χ0n) is 14.8. The van der Waals surface area contributed by atoms with Gasteiger partial charge in [-0.05, 0) is 36.8 Å². The van der Waals surface area contributed by atoms with E-state index in [0.29, 0.717) is 18.1 Å². The van der Waals surface area contributed by atoms with Crippen LogP contribution in [0.5, 0.6) is 5.75 Å². The number of anilines is 1. The Morgan fingerprint density at radius 3 is 2.70 bits per heavy atom. The van der Waals surface area contributed by atoms with Crippen LogP contribution in [0.3, 0.4) is 0 Å². The molecule has 138 valence electrons. The molecule has 27 heavy (non-hydrogen) atoms. The molecule has 0 saturated heterocycles. The topological polar surface area (TPSA) is 76.4 Å². The molecule has 0 fully saturated rings. The zero-order chi connectivity index (χ0) is 19.1. The molecule has 0 aliphatic rings. The number of nitrogens with zero attached hydrogens (tertiary/aromatic N) is 1. The number of benzene rings is 2. The van der Waals surface area contributed by atoms with Crippen molar-refractivity contribution in [3.63, 3.8) is 0 Å². The summed E-state index contributed by atoms with van der Waals surface area (Å²) in [4.78, 5) is 12.0. The van der Waals surface area contributed by atoms with Crippen LogP contribution >= 0.6 is 12.2 Å². The molecule has 1 heterocycles. The van der Waals surface area contributed by atoms with Crippen LogP contribution in [0.1, 0.15) is 21.8 Å². The Morgan fingerprint density at radius 1 is 1.15 bits per heavy atom. The quantitative estimate of drug-likeness (QED) is 0.634. The summed E-state index contributed by atoms with van der Waals surface area (Å²) in [5.41, 5.74) is 2.11.